The molecule has 0 fully saturated rings. The van der Waals surface area contributed by atoms with Gasteiger partial charge in [-0.05, 0) is 48.6 Å². The largest absolute Gasteiger partial charge is 0.489 e. The van der Waals surface area contributed by atoms with Gasteiger partial charge in [-0.15, -0.1) is 0 Å². The molecule has 0 aliphatic rings. The molecule has 0 unspecified atom stereocenters. The lowest BCUT2D eigenvalue weighted by molar-refractivity contribution is 0.302. The standard InChI is InChI=1S/C25H30O2/c1(2-4-9-17-24-18-12-20-26-24)3-8-15-23-16-10-11-19-25(23)27-21-22-13-6-5-7-14-22/h5-7,10-14,16,18-20H,1-4,8-9,15,17,21H2. The molecular weight excluding hydrogens is 332 g/mol. The third-order valence-electron chi connectivity index (χ3n) is 4.91. The number of hydrogen-bond acceptors (Lipinski definition) is 2. The number of para-hydroxylation sites is 1. The first-order valence-corrected chi connectivity index (χ1v) is 10.2. The molecule has 142 valence electrons. The summed E-state index contributed by atoms with van der Waals surface area (Å²) in [6.07, 6.45) is 11.6. The molecule has 0 N–H and O–H groups in total. The van der Waals surface area contributed by atoms with Gasteiger partial charge < -0.3 is 9.15 Å². The molecule has 2 aromatic carbocycles. The van der Waals surface area contributed by atoms with Crippen molar-refractivity contribution in [3.63, 3.8) is 0 Å². The fourth-order valence-electron chi connectivity index (χ4n) is 3.36. The van der Waals surface area contributed by atoms with Crippen LogP contribution in [0.5, 0.6) is 5.75 Å². The van der Waals surface area contributed by atoms with E-state index in [0.717, 1.165) is 24.4 Å². The second-order valence-electron chi connectivity index (χ2n) is 7.08. The van der Waals surface area contributed by atoms with Crippen molar-refractivity contribution in [2.24, 2.45) is 0 Å². The Morgan fingerprint density at radius 2 is 1.33 bits per heavy atom. The average molecular weight is 363 g/mol. The minimum absolute atomic E-state index is 0.632. The maximum Gasteiger partial charge on any atom is 0.122 e. The van der Waals surface area contributed by atoms with Crippen molar-refractivity contribution in [3.05, 3.63) is 89.9 Å². The first-order valence-electron chi connectivity index (χ1n) is 10.2. The predicted molar refractivity (Wildman–Crippen MR) is 111 cm³/mol. The van der Waals surface area contributed by atoms with E-state index < -0.39 is 0 Å². The van der Waals surface area contributed by atoms with Crippen LogP contribution in [-0.2, 0) is 19.4 Å². The van der Waals surface area contributed by atoms with E-state index >= 15 is 0 Å². The highest BCUT2D eigenvalue weighted by Gasteiger charge is 2.04. The fourth-order valence-corrected chi connectivity index (χ4v) is 3.36. The zero-order valence-electron chi connectivity index (χ0n) is 16.1. The van der Waals surface area contributed by atoms with Crippen molar-refractivity contribution in [2.45, 2.75) is 58.0 Å². The zero-order chi connectivity index (χ0) is 18.6. The third-order valence-corrected chi connectivity index (χ3v) is 4.91. The van der Waals surface area contributed by atoms with Crippen LogP contribution in [0.1, 0.15) is 55.4 Å². The average Bonchev–Trinajstić information content (AvgIpc) is 3.23. The summed E-state index contributed by atoms with van der Waals surface area (Å²) in [5.74, 6) is 2.14. The number of unbranched alkanes of at least 4 members (excludes halogenated alkanes) is 5. The van der Waals surface area contributed by atoms with Crippen LogP contribution in [0.2, 0.25) is 0 Å². The van der Waals surface area contributed by atoms with E-state index in [9.17, 15) is 0 Å². The molecule has 3 aromatic rings. The van der Waals surface area contributed by atoms with Gasteiger partial charge in [0.2, 0.25) is 0 Å². The molecule has 2 nitrogen and oxygen atoms in total. The second kappa shape index (κ2) is 11.3. The van der Waals surface area contributed by atoms with E-state index in [2.05, 4.69) is 54.6 Å². The highest BCUT2D eigenvalue weighted by atomic mass is 16.5. The van der Waals surface area contributed by atoms with Crippen LogP contribution in [-0.4, -0.2) is 0 Å². The lowest BCUT2D eigenvalue weighted by Gasteiger charge is -2.11. The maximum atomic E-state index is 6.06. The summed E-state index contributed by atoms with van der Waals surface area (Å²) >= 11 is 0. The van der Waals surface area contributed by atoms with Gasteiger partial charge in [0, 0.05) is 6.42 Å². The van der Waals surface area contributed by atoms with Crippen LogP contribution >= 0.6 is 0 Å². The predicted octanol–water partition coefficient (Wildman–Crippen LogP) is 6.98. The SMILES string of the molecule is c1ccc(COc2ccccc2CCCCCCCCc2ccco2)cc1. The maximum absolute atomic E-state index is 6.06. The molecule has 0 amide bonds. The minimum atomic E-state index is 0.632. The molecule has 0 aliphatic carbocycles. The Hall–Kier alpha value is -2.48. The Bertz CT molecular complexity index is 747. The number of rotatable bonds is 12. The highest BCUT2D eigenvalue weighted by Crippen LogP contribution is 2.22. The minimum Gasteiger partial charge on any atom is -0.489 e. The van der Waals surface area contributed by atoms with Crippen LogP contribution in [0, 0.1) is 0 Å². The first kappa shape index (κ1) is 19.3. The summed E-state index contributed by atoms with van der Waals surface area (Å²) in [5, 5.41) is 0. The molecule has 0 bridgehead atoms. The van der Waals surface area contributed by atoms with Crippen LogP contribution in [0.4, 0.5) is 0 Å². The summed E-state index contributed by atoms with van der Waals surface area (Å²) in [6, 6.07) is 22.8. The third kappa shape index (κ3) is 6.97. The van der Waals surface area contributed by atoms with Gasteiger partial charge >= 0.3 is 0 Å². The second-order valence-corrected chi connectivity index (χ2v) is 7.08. The van der Waals surface area contributed by atoms with Crippen molar-refractivity contribution < 1.29 is 9.15 Å². The van der Waals surface area contributed by atoms with Gasteiger partial charge in [-0.1, -0.05) is 74.2 Å². The van der Waals surface area contributed by atoms with Crippen LogP contribution < -0.4 is 4.74 Å². The number of ether oxygens (including phenoxy) is 1. The van der Waals surface area contributed by atoms with Crippen molar-refractivity contribution in [1.29, 1.82) is 0 Å². The number of benzene rings is 2. The van der Waals surface area contributed by atoms with Gasteiger partial charge in [-0.3, -0.25) is 0 Å². The molecule has 1 aromatic heterocycles. The Labute approximate surface area is 163 Å². The normalized spacial score (nSPS) is 10.8. The van der Waals surface area contributed by atoms with E-state index in [1.165, 1.54) is 49.7 Å². The number of hydrogen-bond donors (Lipinski definition) is 0. The summed E-state index contributed by atoms with van der Waals surface area (Å²) in [5.41, 5.74) is 2.54. The fraction of sp³-hybridized carbons (Fsp3) is 0.360. The number of furan rings is 1. The van der Waals surface area contributed by atoms with E-state index in [0.29, 0.717) is 6.61 Å². The van der Waals surface area contributed by atoms with Crippen molar-refractivity contribution >= 4 is 0 Å². The molecule has 27 heavy (non-hydrogen) atoms. The molecule has 0 saturated heterocycles. The molecular formula is C25H30O2. The lowest BCUT2D eigenvalue weighted by Crippen LogP contribution is -1.98. The van der Waals surface area contributed by atoms with Gasteiger partial charge in [0.1, 0.15) is 18.1 Å². The van der Waals surface area contributed by atoms with Crippen molar-refractivity contribution in [3.8, 4) is 5.75 Å². The summed E-state index contributed by atoms with van der Waals surface area (Å²) < 4.78 is 11.4. The topological polar surface area (TPSA) is 22.4 Å². The highest BCUT2D eigenvalue weighted by molar-refractivity contribution is 5.33. The Morgan fingerprint density at radius 3 is 2.11 bits per heavy atom. The summed E-state index contributed by atoms with van der Waals surface area (Å²) in [4.78, 5) is 0. The van der Waals surface area contributed by atoms with Gasteiger partial charge in [0.15, 0.2) is 0 Å². The molecule has 0 aliphatic heterocycles. The van der Waals surface area contributed by atoms with E-state index in [4.69, 9.17) is 9.15 Å². The molecule has 2 heteroatoms. The smallest absolute Gasteiger partial charge is 0.122 e. The van der Waals surface area contributed by atoms with Crippen LogP contribution in [0.3, 0.4) is 0 Å². The van der Waals surface area contributed by atoms with Gasteiger partial charge in [-0.2, -0.15) is 0 Å². The Kier molecular flexibility index (Phi) is 8.06. The summed E-state index contributed by atoms with van der Waals surface area (Å²) in [6.45, 7) is 0.632. The quantitative estimate of drug-likeness (QED) is 0.324. The molecule has 3 rings (SSSR count). The van der Waals surface area contributed by atoms with E-state index in [1.54, 1.807) is 6.26 Å². The van der Waals surface area contributed by atoms with Gasteiger partial charge in [0.05, 0.1) is 6.26 Å². The van der Waals surface area contributed by atoms with Crippen LogP contribution in [0.25, 0.3) is 0 Å². The monoisotopic (exact) mass is 362 g/mol. The summed E-state index contributed by atoms with van der Waals surface area (Å²) in [7, 11) is 0. The molecule has 1 heterocycles. The van der Waals surface area contributed by atoms with E-state index in [1.807, 2.05) is 12.1 Å². The van der Waals surface area contributed by atoms with Crippen LogP contribution in [0.15, 0.2) is 77.4 Å². The molecule has 0 atom stereocenters. The van der Waals surface area contributed by atoms with Gasteiger partial charge in [0.25, 0.3) is 0 Å². The van der Waals surface area contributed by atoms with Crippen molar-refractivity contribution in [2.75, 3.05) is 0 Å². The lowest BCUT2D eigenvalue weighted by atomic mass is 10.0. The van der Waals surface area contributed by atoms with Crippen molar-refractivity contribution in [1.82, 2.24) is 0 Å². The Balaban J connectivity index is 1.31. The first-order chi connectivity index (χ1) is 13.4. The van der Waals surface area contributed by atoms with Gasteiger partial charge in [-0.25, -0.2) is 0 Å². The zero-order valence-corrected chi connectivity index (χ0v) is 16.1. The molecule has 0 spiro atoms. The number of aryl methyl sites for hydroxylation is 2. The molecule has 0 radical (unpaired) electrons. The molecule has 0 saturated carbocycles. The Morgan fingerprint density at radius 1 is 0.630 bits per heavy atom. The van der Waals surface area contributed by atoms with E-state index in [-0.39, 0.29) is 0 Å².